The largest absolute Gasteiger partial charge is 0.356 e. The van der Waals surface area contributed by atoms with Crippen LogP contribution in [0.4, 0.5) is 0 Å². The quantitative estimate of drug-likeness (QED) is 0.403. The van der Waals surface area contributed by atoms with Crippen molar-refractivity contribution >= 4 is 29.9 Å². The molecule has 0 amide bonds. The smallest absolute Gasteiger partial charge is 0.191 e. The Labute approximate surface area is 164 Å². The van der Waals surface area contributed by atoms with E-state index >= 15 is 0 Å². The van der Waals surface area contributed by atoms with Crippen LogP contribution in [0.5, 0.6) is 0 Å². The molecule has 0 aliphatic carbocycles. The average molecular weight is 444 g/mol. The first-order valence-electron chi connectivity index (χ1n) is 8.87. The van der Waals surface area contributed by atoms with Gasteiger partial charge in [-0.05, 0) is 57.7 Å². The number of nitrogens with zero attached hydrogens (tertiary/aromatic N) is 2. The van der Waals surface area contributed by atoms with E-state index in [0.29, 0.717) is 6.04 Å². The van der Waals surface area contributed by atoms with Gasteiger partial charge in [-0.3, -0.25) is 4.99 Å². The highest BCUT2D eigenvalue weighted by molar-refractivity contribution is 14.0. The van der Waals surface area contributed by atoms with Gasteiger partial charge in [0.15, 0.2) is 5.96 Å². The number of hydrogen-bond donors (Lipinski definition) is 2. The second-order valence-corrected chi connectivity index (χ2v) is 6.79. The number of aryl methyl sites for hydroxylation is 1. The summed E-state index contributed by atoms with van der Waals surface area (Å²) in [6.07, 6.45) is 4.83. The molecule has 1 fully saturated rings. The summed E-state index contributed by atoms with van der Waals surface area (Å²) >= 11 is 0. The van der Waals surface area contributed by atoms with E-state index in [1.54, 1.807) is 0 Å². The molecule has 1 aliphatic heterocycles. The van der Waals surface area contributed by atoms with Crippen LogP contribution in [0.1, 0.15) is 31.7 Å². The predicted molar refractivity (Wildman–Crippen MR) is 114 cm³/mol. The van der Waals surface area contributed by atoms with Crippen molar-refractivity contribution in [1.82, 2.24) is 15.5 Å². The number of guanidine groups is 1. The van der Waals surface area contributed by atoms with Crippen molar-refractivity contribution in [2.24, 2.45) is 10.9 Å². The Hall–Kier alpha value is -0.820. The van der Waals surface area contributed by atoms with E-state index in [9.17, 15) is 0 Å². The maximum Gasteiger partial charge on any atom is 0.191 e. The third-order valence-electron chi connectivity index (χ3n) is 4.60. The molecule has 0 saturated carbocycles. The fourth-order valence-electron chi connectivity index (χ4n) is 3.21. The summed E-state index contributed by atoms with van der Waals surface area (Å²) in [6.45, 7) is 5.66. The molecule has 5 heteroatoms. The first-order valence-corrected chi connectivity index (χ1v) is 8.87. The normalized spacial score (nSPS) is 20.1. The van der Waals surface area contributed by atoms with Crippen LogP contribution in [0.25, 0.3) is 0 Å². The monoisotopic (exact) mass is 444 g/mol. The molecule has 2 atom stereocenters. The number of hydrogen-bond acceptors (Lipinski definition) is 2. The zero-order valence-electron chi connectivity index (χ0n) is 15.3. The van der Waals surface area contributed by atoms with E-state index < -0.39 is 0 Å². The second-order valence-electron chi connectivity index (χ2n) is 6.79. The zero-order chi connectivity index (χ0) is 16.5. The van der Waals surface area contributed by atoms with E-state index in [0.717, 1.165) is 31.3 Å². The second kappa shape index (κ2) is 11.7. The van der Waals surface area contributed by atoms with E-state index in [-0.39, 0.29) is 24.0 Å². The van der Waals surface area contributed by atoms with Crippen molar-refractivity contribution in [3.05, 3.63) is 35.9 Å². The summed E-state index contributed by atoms with van der Waals surface area (Å²) in [7, 11) is 4.07. The van der Waals surface area contributed by atoms with Gasteiger partial charge >= 0.3 is 0 Å². The molecule has 0 aromatic heterocycles. The van der Waals surface area contributed by atoms with Crippen molar-refractivity contribution < 1.29 is 0 Å². The van der Waals surface area contributed by atoms with E-state index in [1.165, 1.54) is 31.5 Å². The van der Waals surface area contributed by atoms with Crippen LogP contribution >= 0.6 is 24.0 Å². The van der Waals surface area contributed by atoms with E-state index in [4.69, 9.17) is 0 Å². The lowest BCUT2D eigenvalue weighted by atomic mass is 9.98. The molecule has 2 N–H and O–H groups in total. The van der Waals surface area contributed by atoms with Gasteiger partial charge in [0.25, 0.3) is 0 Å². The first-order chi connectivity index (χ1) is 11.2. The van der Waals surface area contributed by atoms with Crippen molar-refractivity contribution in [3.63, 3.8) is 0 Å². The number of piperidine rings is 1. The molecule has 0 spiro atoms. The Morgan fingerprint density at radius 2 is 2.08 bits per heavy atom. The summed E-state index contributed by atoms with van der Waals surface area (Å²) in [5.41, 5.74) is 1.40. The van der Waals surface area contributed by atoms with E-state index in [2.05, 4.69) is 64.8 Å². The summed E-state index contributed by atoms with van der Waals surface area (Å²) < 4.78 is 0. The summed E-state index contributed by atoms with van der Waals surface area (Å²) in [5, 5.41) is 7.01. The van der Waals surface area contributed by atoms with Crippen LogP contribution in [0.15, 0.2) is 35.3 Å². The minimum atomic E-state index is 0. The van der Waals surface area contributed by atoms with Gasteiger partial charge in [-0.15, -0.1) is 24.0 Å². The molecule has 1 aromatic carbocycles. The van der Waals surface area contributed by atoms with Crippen LogP contribution in [0, 0.1) is 5.92 Å². The van der Waals surface area contributed by atoms with Crippen LogP contribution < -0.4 is 10.6 Å². The molecule has 1 aliphatic rings. The molecule has 1 saturated heterocycles. The zero-order valence-corrected chi connectivity index (χ0v) is 17.6. The van der Waals surface area contributed by atoms with Gasteiger partial charge < -0.3 is 15.5 Å². The predicted octanol–water partition coefficient (Wildman–Crippen LogP) is 3.13. The molecule has 1 heterocycles. The van der Waals surface area contributed by atoms with Gasteiger partial charge in [0.05, 0.1) is 0 Å². The van der Waals surface area contributed by atoms with Crippen molar-refractivity contribution in [2.75, 3.05) is 33.7 Å². The molecule has 0 bridgehead atoms. The number of benzene rings is 1. The Kier molecular flexibility index (Phi) is 10.3. The minimum Gasteiger partial charge on any atom is -0.356 e. The van der Waals surface area contributed by atoms with Gasteiger partial charge in [-0.25, -0.2) is 0 Å². The Morgan fingerprint density at radius 3 is 2.75 bits per heavy atom. The Balaban J connectivity index is 0.00000288. The van der Waals surface area contributed by atoms with Crippen LogP contribution in [-0.4, -0.2) is 50.6 Å². The fraction of sp³-hybridized carbons (Fsp3) is 0.632. The third-order valence-corrected chi connectivity index (χ3v) is 4.60. The lowest BCUT2D eigenvalue weighted by Crippen LogP contribution is -2.46. The molecular formula is C19H33IN4. The summed E-state index contributed by atoms with van der Waals surface area (Å²) in [5.74, 6) is 1.66. The lowest BCUT2D eigenvalue weighted by molar-refractivity contribution is 0.210. The van der Waals surface area contributed by atoms with Gasteiger partial charge in [-0.2, -0.15) is 0 Å². The molecule has 1 aromatic rings. The molecule has 136 valence electrons. The number of aliphatic imine (C=N–C) groups is 1. The van der Waals surface area contributed by atoms with E-state index in [1.807, 2.05) is 7.05 Å². The molecule has 2 unspecified atom stereocenters. The van der Waals surface area contributed by atoms with Gasteiger partial charge in [-0.1, -0.05) is 30.3 Å². The molecule has 0 radical (unpaired) electrons. The topological polar surface area (TPSA) is 39.7 Å². The van der Waals surface area contributed by atoms with Crippen LogP contribution in [0.2, 0.25) is 0 Å². The highest BCUT2D eigenvalue weighted by Crippen LogP contribution is 2.13. The maximum atomic E-state index is 4.37. The third kappa shape index (κ3) is 7.83. The van der Waals surface area contributed by atoms with Gasteiger partial charge in [0.2, 0.25) is 0 Å². The average Bonchev–Trinajstić information content (AvgIpc) is 2.58. The summed E-state index contributed by atoms with van der Waals surface area (Å²) in [6, 6.07) is 11.1. The molecule has 24 heavy (non-hydrogen) atoms. The lowest BCUT2D eigenvalue weighted by Gasteiger charge is -2.30. The Morgan fingerprint density at radius 1 is 1.33 bits per heavy atom. The minimum absolute atomic E-state index is 0. The molecule has 4 nitrogen and oxygen atoms in total. The standard InChI is InChI=1S/C19H32N4.HI/c1-16(11-12-17-8-5-4-6-9-17)22-19(20-2)21-14-18-10-7-13-23(3)15-18;/h4-6,8-9,16,18H,7,10-15H2,1-3H3,(H2,20,21,22);1H. The highest BCUT2D eigenvalue weighted by Gasteiger charge is 2.17. The number of rotatable bonds is 6. The SMILES string of the molecule is CN=C(NCC1CCCN(C)C1)NC(C)CCc1ccccc1.I. The number of halogens is 1. The molecule has 2 rings (SSSR count). The Bertz CT molecular complexity index is 478. The van der Waals surface area contributed by atoms with Crippen molar-refractivity contribution in [1.29, 1.82) is 0 Å². The van der Waals surface area contributed by atoms with Gasteiger partial charge in [0.1, 0.15) is 0 Å². The highest BCUT2D eigenvalue weighted by atomic mass is 127. The number of likely N-dealkylation sites (tertiary alicyclic amines) is 1. The maximum absolute atomic E-state index is 4.37. The van der Waals surface area contributed by atoms with Gasteiger partial charge in [0, 0.05) is 26.2 Å². The fourth-order valence-corrected chi connectivity index (χ4v) is 3.21. The first kappa shape index (κ1) is 21.2. The van der Waals surface area contributed by atoms with Crippen LogP contribution in [0.3, 0.4) is 0 Å². The molecular weight excluding hydrogens is 411 g/mol. The summed E-state index contributed by atoms with van der Waals surface area (Å²) in [4.78, 5) is 6.79. The van der Waals surface area contributed by atoms with Crippen molar-refractivity contribution in [3.8, 4) is 0 Å². The van der Waals surface area contributed by atoms with Crippen LogP contribution in [-0.2, 0) is 6.42 Å². The number of nitrogens with one attached hydrogen (secondary N) is 2. The van der Waals surface area contributed by atoms with Crippen molar-refractivity contribution in [2.45, 2.75) is 38.6 Å².